The summed E-state index contributed by atoms with van der Waals surface area (Å²) < 4.78 is 25.9. The van der Waals surface area contributed by atoms with Gasteiger partial charge in [0.25, 0.3) is 6.43 Å². The molecule has 2 aromatic rings. The van der Waals surface area contributed by atoms with E-state index >= 15 is 0 Å². The molecule has 1 aliphatic rings. The highest BCUT2D eigenvalue weighted by atomic mass is 19.3. The Hall–Kier alpha value is -3.08. The Bertz CT molecular complexity index is 947. The van der Waals surface area contributed by atoms with Gasteiger partial charge < -0.3 is 10.5 Å². The summed E-state index contributed by atoms with van der Waals surface area (Å²) in [4.78, 5) is 12.6. The summed E-state index contributed by atoms with van der Waals surface area (Å²) in [6.07, 6.45) is -1.89. The molecule has 0 saturated carbocycles. The van der Waals surface area contributed by atoms with Gasteiger partial charge in [0.1, 0.15) is 0 Å². The first-order chi connectivity index (χ1) is 13.4. The molecule has 0 radical (unpaired) electrons. The number of hydroxylamine groups is 2. The highest BCUT2D eigenvalue weighted by Crippen LogP contribution is 2.37. The standard InChI is InChI=1S/C21H19F2N3O2/c1-26(28)20(14-7-5-13(12-24)6-8-14)19-17(9-10-18(19)27)25-16-4-2-3-15(11-16)21(22)23/h2-8,11,20-21,25,28H,9-10H2,1H3. The molecule has 0 saturated heterocycles. The van der Waals surface area contributed by atoms with Crippen LogP contribution in [0.1, 0.15) is 42.0 Å². The lowest BCUT2D eigenvalue weighted by Crippen LogP contribution is -2.26. The lowest BCUT2D eigenvalue weighted by atomic mass is 9.95. The summed E-state index contributed by atoms with van der Waals surface area (Å²) in [6, 6.07) is 13.8. The van der Waals surface area contributed by atoms with Crippen molar-refractivity contribution in [3.05, 3.63) is 76.5 Å². The van der Waals surface area contributed by atoms with E-state index in [1.54, 1.807) is 30.3 Å². The fourth-order valence-corrected chi connectivity index (χ4v) is 3.36. The average Bonchev–Trinajstić information content (AvgIpc) is 3.03. The number of Topliss-reactive ketones (excluding diaryl/α,β-unsaturated/α-hetero) is 1. The number of carbonyl (C=O) groups excluding carboxylic acids is 1. The molecule has 5 nitrogen and oxygen atoms in total. The molecule has 28 heavy (non-hydrogen) atoms. The van der Waals surface area contributed by atoms with Gasteiger partial charge in [-0.1, -0.05) is 24.3 Å². The van der Waals surface area contributed by atoms with Gasteiger partial charge >= 0.3 is 0 Å². The molecule has 144 valence electrons. The summed E-state index contributed by atoms with van der Waals surface area (Å²) in [6.45, 7) is 0. The van der Waals surface area contributed by atoms with E-state index in [4.69, 9.17) is 5.26 Å². The van der Waals surface area contributed by atoms with Gasteiger partial charge in [-0.25, -0.2) is 8.78 Å². The van der Waals surface area contributed by atoms with Gasteiger partial charge in [0.2, 0.25) is 0 Å². The highest BCUT2D eigenvalue weighted by molar-refractivity contribution is 6.00. The third kappa shape index (κ3) is 4.09. The van der Waals surface area contributed by atoms with Gasteiger partial charge in [0.05, 0.1) is 17.7 Å². The average molecular weight is 383 g/mol. The molecule has 0 aliphatic heterocycles. The number of ketones is 1. The van der Waals surface area contributed by atoms with Crippen molar-refractivity contribution >= 4 is 11.5 Å². The quantitative estimate of drug-likeness (QED) is 0.714. The number of nitriles is 1. The Morgan fingerprint density at radius 1 is 1.14 bits per heavy atom. The third-order valence-electron chi connectivity index (χ3n) is 4.66. The van der Waals surface area contributed by atoms with E-state index in [0.717, 1.165) is 5.06 Å². The number of nitrogens with zero attached hydrogens (tertiary/aromatic N) is 2. The van der Waals surface area contributed by atoms with E-state index in [2.05, 4.69) is 5.32 Å². The molecule has 0 heterocycles. The molecule has 2 aromatic carbocycles. The summed E-state index contributed by atoms with van der Waals surface area (Å²) >= 11 is 0. The second-order valence-electron chi connectivity index (χ2n) is 6.58. The predicted octanol–water partition coefficient (Wildman–Crippen LogP) is 4.59. The molecule has 0 bridgehead atoms. The molecule has 1 aliphatic carbocycles. The summed E-state index contributed by atoms with van der Waals surface area (Å²) in [5.74, 6) is -0.122. The molecular formula is C21H19F2N3O2. The molecule has 1 unspecified atom stereocenters. The Morgan fingerprint density at radius 3 is 2.46 bits per heavy atom. The van der Waals surface area contributed by atoms with E-state index < -0.39 is 12.5 Å². The molecule has 1 atom stereocenters. The molecular weight excluding hydrogens is 364 g/mol. The van der Waals surface area contributed by atoms with Gasteiger partial charge in [0, 0.05) is 36.0 Å². The van der Waals surface area contributed by atoms with Crippen molar-refractivity contribution in [3.8, 4) is 6.07 Å². The number of anilines is 1. The zero-order valence-electron chi connectivity index (χ0n) is 15.2. The molecule has 0 amide bonds. The number of alkyl halides is 2. The molecule has 7 heteroatoms. The maximum Gasteiger partial charge on any atom is 0.263 e. The second-order valence-corrected chi connectivity index (χ2v) is 6.58. The number of nitrogens with one attached hydrogen (secondary N) is 1. The minimum atomic E-state index is -2.59. The van der Waals surface area contributed by atoms with Crippen molar-refractivity contribution in [2.45, 2.75) is 25.3 Å². The van der Waals surface area contributed by atoms with E-state index in [-0.39, 0.29) is 17.8 Å². The maximum atomic E-state index is 13.0. The first kappa shape index (κ1) is 19.7. The van der Waals surface area contributed by atoms with Crippen LogP contribution in [0.15, 0.2) is 59.8 Å². The number of benzene rings is 2. The van der Waals surface area contributed by atoms with Crippen LogP contribution in [0.2, 0.25) is 0 Å². The van der Waals surface area contributed by atoms with Gasteiger partial charge in [-0.15, -0.1) is 0 Å². The minimum absolute atomic E-state index is 0.112. The van der Waals surface area contributed by atoms with E-state index in [1.165, 1.54) is 25.2 Å². The van der Waals surface area contributed by atoms with Crippen molar-refractivity contribution in [3.63, 3.8) is 0 Å². The summed E-state index contributed by atoms with van der Waals surface area (Å²) in [5.41, 5.74) is 2.44. The lowest BCUT2D eigenvalue weighted by Gasteiger charge is -2.25. The van der Waals surface area contributed by atoms with Crippen LogP contribution in [-0.2, 0) is 4.79 Å². The minimum Gasteiger partial charge on any atom is -0.358 e. The first-order valence-electron chi connectivity index (χ1n) is 8.74. The van der Waals surface area contributed by atoms with Crippen molar-refractivity contribution in [2.75, 3.05) is 12.4 Å². The Morgan fingerprint density at radius 2 is 1.86 bits per heavy atom. The molecule has 0 spiro atoms. The Kier molecular flexibility index (Phi) is 5.83. The van der Waals surface area contributed by atoms with Crippen molar-refractivity contribution in [1.29, 1.82) is 5.26 Å². The largest absolute Gasteiger partial charge is 0.358 e. The number of likely N-dealkylation sites (N-methyl/N-ethyl adjacent to an activating group) is 1. The number of rotatable bonds is 6. The van der Waals surface area contributed by atoms with Crippen molar-refractivity contribution in [1.82, 2.24) is 5.06 Å². The van der Waals surface area contributed by atoms with Crippen molar-refractivity contribution < 1.29 is 18.8 Å². The van der Waals surface area contributed by atoms with E-state index in [9.17, 15) is 18.8 Å². The fourth-order valence-electron chi connectivity index (χ4n) is 3.36. The third-order valence-corrected chi connectivity index (χ3v) is 4.66. The predicted molar refractivity (Wildman–Crippen MR) is 99.7 cm³/mol. The number of hydrogen-bond donors (Lipinski definition) is 2. The van der Waals surface area contributed by atoms with Crippen LogP contribution in [-0.4, -0.2) is 23.1 Å². The highest BCUT2D eigenvalue weighted by Gasteiger charge is 2.33. The summed E-state index contributed by atoms with van der Waals surface area (Å²) in [5, 5.41) is 23.2. The Labute approximate surface area is 161 Å². The molecule has 0 aromatic heterocycles. The van der Waals surface area contributed by atoms with E-state index in [0.29, 0.717) is 34.5 Å². The zero-order chi connectivity index (χ0) is 20.3. The molecule has 0 fully saturated rings. The van der Waals surface area contributed by atoms with Gasteiger partial charge in [0.15, 0.2) is 5.78 Å². The second kappa shape index (κ2) is 8.30. The topological polar surface area (TPSA) is 76.4 Å². The van der Waals surface area contributed by atoms with E-state index in [1.807, 2.05) is 6.07 Å². The van der Waals surface area contributed by atoms with Crippen LogP contribution in [0.25, 0.3) is 0 Å². The maximum absolute atomic E-state index is 13.0. The number of halogens is 2. The number of allylic oxidation sites excluding steroid dienone is 1. The van der Waals surface area contributed by atoms with Gasteiger partial charge in [-0.05, 0) is 36.2 Å². The van der Waals surface area contributed by atoms with Crippen LogP contribution >= 0.6 is 0 Å². The molecule has 3 rings (SSSR count). The van der Waals surface area contributed by atoms with Crippen LogP contribution < -0.4 is 5.32 Å². The van der Waals surface area contributed by atoms with Crippen LogP contribution in [0, 0.1) is 11.3 Å². The normalized spacial score (nSPS) is 15.2. The zero-order valence-corrected chi connectivity index (χ0v) is 15.2. The Balaban J connectivity index is 1.99. The van der Waals surface area contributed by atoms with Crippen molar-refractivity contribution in [2.24, 2.45) is 0 Å². The van der Waals surface area contributed by atoms with Crippen LogP contribution in [0.3, 0.4) is 0 Å². The van der Waals surface area contributed by atoms with Gasteiger partial charge in [-0.3, -0.25) is 4.79 Å². The fraction of sp³-hybridized carbons (Fsp3) is 0.238. The first-order valence-corrected chi connectivity index (χ1v) is 8.74. The number of carbonyl (C=O) groups is 1. The SMILES string of the molecule is CN(O)C(C1=C(Nc2cccc(C(F)F)c2)CCC1=O)c1ccc(C#N)cc1. The number of hydrogen-bond acceptors (Lipinski definition) is 5. The summed E-state index contributed by atoms with van der Waals surface area (Å²) in [7, 11) is 1.44. The molecule has 2 N–H and O–H groups in total. The lowest BCUT2D eigenvalue weighted by molar-refractivity contribution is -0.121. The van der Waals surface area contributed by atoms with Crippen LogP contribution in [0.4, 0.5) is 14.5 Å². The smallest absolute Gasteiger partial charge is 0.263 e. The monoisotopic (exact) mass is 383 g/mol. The van der Waals surface area contributed by atoms with Crippen LogP contribution in [0.5, 0.6) is 0 Å². The van der Waals surface area contributed by atoms with Gasteiger partial charge in [-0.2, -0.15) is 10.3 Å².